The van der Waals surface area contributed by atoms with Gasteiger partial charge in [0.05, 0.1) is 0 Å². The van der Waals surface area contributed by atoms with E-state index in [0.717, 1.165) is 0 Å². The second-order valence-electron chi connectivity index (χ2n) is 0.315. The van der Waals surface area contributed by atoms with Gasteiger partial charge < -0.3 is 9.68 Å². The maximum absolute atomic E-state index is 7.50. The van der Waals surface area contributed by atoms with E-state index in [1.54, 1.807) is 0 Å². The number of hydrogen-bond acceptors (Lipinski definition) is 3. The topological polar surface area (TPSA) is 53.2 Å². The molecule has 0 aliphatic carbocycles. The number of hydrogen-bond donors (Lipinski definition) is 1. The van der Waals surface area contributed by atoms with Crippen LogP contribution in [0.5, 0.6) is 0 Å². The summed E-state index contributed by atoms with van der Waals surface area (Å²) in [5, 5.41) is 14.9. The van der Waals surface area contributed by atoms with E-state index < -0.39 is 0 Å². The zero-order valence-electron chi connectivity index (χ0n) is 3.38. The Bertz CT molecular complexity index is 52.0. The summed E-state index contributed by atoms with van der Waals surface area (Å²) < 4.78 is 3.57. The fourth-order valence-corrected chi connectivity index (χ4v) is 0.0236. The van der Waals surface area contributed by atoms with Gasteiger partial charge in [0.2, 0.25) is 0 Å². The van der Waals surface area contributed by atoms with Crippen molar-refractivity contribution in [3.05, 3.63) is 0 Å². The Morgan fingerprint density at radius 2 is 2.33 bits per heavy atom. The fraction of sp³-hybridized carbons (Fsp3) is 0. The molecule has 0 fully saturated rings. The van der Waals surface area contributed by atoms with Crippen molar-refractivity contribution in [1.29, 1.82) is 5.26 Å². The molecule has 0 aliphatic heterocycles. The van der Waals surface area contributed by atoms with E-state index >= 15 is 0 Å². The predicted molar refractivity (Wildman–Crippen MR) is 20.4 cm³/mol. The summed E-state index contributed by atoms with van der Waals surface area (Å²) in [7, 11) is 0.319. The molecule has 1 N–H and O–H groups in total. The van der Waals surface area contributed by atoms with E-state index in [-0.39, 0.29) is 29.6 Å². The molecule has 0 amide bonds. The summed E-state index contributed by atoms with van der Waals surface area (Å²) in [5.41, 5.74) is 0. The van der Waals surface area contributed by atoms with Crippen LogP contribution in [0.15, 0.2) is 0 Å². The van der Waals surface area contributed by atoms with Crippen molar-refractivity contribution in [1.82, 2.24) is 0 Å². The van der Waals surface area contributed by atoms with Crippen LogP contribution in [0.3, 0.4) is 0 Å². The summed E-state index contributed by atoms with van der Waals surface area (Å²) in [4.78, 5) is 0. The van der Waals surface area contributed by atoms with Gasteiger partial charge in [0, 0.05) is 29.6 Å². The van der Waals surface area contributed by atoms with Crippen LogP contribution in [0.2, 0.25) is 0 Å². The van der Waals surface area contributed by atoms with Gasteiger partial charge in [0.15, 0.2) is 0 Å². The van der Waals surface area contributed by atoms with Gasteiger partial charge in [-0.2, -0.15) is 5.26 Å². The molecule has 26 valence electrons. The molecule has 3 nitrogen and oxygen atoms in total. The van der Waals surface area contributed by atoms with Gasteiger partial charge in [-0.15, -0.1) is 0 Å². The minimum absolute atomic E-state index is 0. The van der Waals surface area contributed by atoms with Crippen LogP contribution in [0, 0.1) is 11.5 Å². The van der Waals surface area contributed by atoms with E-state index in [1.165, 1.54) is 6.26 Å². The fourth-order valence-electron chi connectivity index (χ4n) is 0.0236. The molecule has 0 heterocycles. The number of nitriles is 1. The normalized spacial score (nSPS) is 4.00. The maximum atomic E-state index is 7.50. The van der Waals surface area contributed by atoms with Crippen molar-refractivity contribution < 1.29 is 9.68 Å². The summed E-state index contributed by atoms with van der Waals surface area (Å²) in [6, 6.07) is 0. The average molecular weight is 92.8 g/mol. The van der Waals surface area contributed by atoms with Crippen molar-refractivity contribution in [3.8, 4) is 6.26 Å². The zero-order valence-corrected chi connectivity index (χ0v) is 5.38. The zero-order chi connectivity index (χ0) is 4.12. The first kappa shape index (κ1) is 9.58. The molecule has 0 unspecified atom stereocenters. The minimum atomic E-state index is 0. The molecule has 0 bridgehead atoms. The van der Waals surface area contributed by atoms with E-state index in [2.05, 4.69) is 4.65 Å². The van der Waals surface area contributed by atoms with Crippen molar-refractivity contribution >= 4 is 37.2 Å². The Morgan fingerprint density at radius 1 is 1.83 bits per heavy atom. The van der Waals surface area contributed by atoms with Crippen LogP contribution in [0.1, 0.15) is 0 Å². The van der Waals surface area contributed by atoms with Crippen LogP contribution in [0.25, 0.3) is 0 Å². The van der Waals surface area contributed by atoms with Crippen molar-refractivity contribution in [3.63, 3.8) is 0 Å². The third-order valence-corrected chi connectivity index (χ3v) is 0.105. The van der Waals surface area contributed by atoms with Gasteiger partial charge in [-0.25, -0.2) is 0 Å². The first-order chi connectivity index (χ1) is 2.41. The summed E-state index contributed by atoms with van der Waals surface area (Å²) in [6.07, 6.45) is 1.21. The third-order valence-electron chi connectivity index (χ3n) is 0.105. The molecular formula is CHBNNaO2. The molecule has 0 atom stereocenters. The molecule has 0 saturated carbocycles. The Hall–Kier alpha value is 0.315. The van der Waals surface area contributed by atoms with Crippen molar-refractivity contribution in [2.75, 3.05) is 0 Å². The van der Waals surface area contributed by atoms with E-state index in [0.29, 0.717) is 7.69 Å². The van der Waals surface area contributed by atoms with Gasteiger partial charge in [0.1, 0.15) is 0 Å². The molecule has 0 spiro atoms. The van der Waals surface area contributed by atoms with E-state index in [4.69, 9.17) is 10.3 Å². The molecule has 0 aromatic rings. The molecular weight excluding hydrogens is 91.8 g/mol. The number of nitrogens with zero attached hydrogens (tertiary/aromatic N) is 1. The van der Waals surface area contributed by atoms with E-state index in [1.807, 2.05) is 0 Å². The predicted octanol–water partition coefficient (Wildman–Crippen LogP) is -1.37. The standard InChI is InChI=1S/CHBNO2.Na/c3-1-5-2-4;/h4H;. The van der Waals surface area contributed by atoms with Crippen molar-refractivity contribution in [2.45, 2.75) is 0 Å². The van der Waals surface area contributed by atoms with Gasteiger partial charge in [-0.3, -0.25) is 0 Å². The van der Waals surface area contributed by atoms with E-state index in [9.17, 15) is 0 Å². The van der Waals surface area contributed by atoms with Crippen LogP contribution < -0.4 is 0 Å². The quantitative estimate of drug-likeness (QED) is 0.321. The van der Waals surface area contributed by atoms with Gasteiger partial charge >= 0.3 is 7.69 Å². The summed E-state index contributed by atoms with van der Waals surface area (Å²) in [5.74, 6) is 0. The third kappa shape index (κ3) is 8.85. The summed E-state index contributed by atoms with van der Waals surface area (Å²) >= 11 is 0. The first-order valence-corrected chi connectivity index (χ1v) is 0.922. The molecule has 2 radical (unpaired) electrons. The first-order valence-electron chi connectivity index (χ1n) is 0.922. The maximum Gasteiger partial charge on any atom is 0.580 e. The smallest absolute Gasteiger partial charge is 0.468 e. The van der Waals surface area contributed by atoms with Crippen LogP contribution in [-0.4, -0.2) is 42.3 Å². The van der Waals surface area contributed by atoms with Crippen LogP contribution in [0.4, 0.5) is 0 Å². The molecule has 0 aromatic carbocycles. The minimum Gasteiger partial charge on any atom is -0.468 e. The average Bonchev–Trinajstić information content (AvgIpc) is 1.41. The van der Waals surface area contributed by atoms with Gasteiger partial charge in [0.25, 0.3) is 6.26 Å². The van der Waals surface area contributed by atoms with Crippen LogP contribution >= 0.6 is 0 Å². The molecule has 0 saturated heterocycles. The molecule has 0 aliphatic rings. The Kier molecular flexibility index (Phi) is 14.4. The second kappa shape index (κ2) is 9.01. The molecule has 5 heteroatoms. The Labute approximate surface area is 58.5 Å². The van der Waals surface area contributed by atoms with Gasteiger partial charge in [-0.05, 0) is 0 Å². The summed E-state index contributed by atoms with van der Waals surface area (Å²) in [6.45, 7) is 0. The molecule has 6 heavy (non-hydrogen) atoms. The Balaban J connectivity index is 0. The molecule has 0 aromatic heterocycles. The number of rotatable bonds is 1. The molecule has 0 rings (SSSR count). The van der Waals surface area contributed by atoms with Crippen LogP contribution in [-0.2, 0) is 4.65 Å². The SMILES string of the molecule is N#CO[B]O.[Na]. The Morgan fingerprint density at radius 3 is 2.33 bits per heavy atom. The second-order valence-corrected chi connectivity index (χ2v) is 0.315. The van der Waals surface area contributed by atoms with Crippen molar-refractivity contribution in [2.24, 2.45) is 0 Å². The monoisotopic (exact) mass is 93.0 g/mol. The van der Waals surface area contributed by atoms with Gasteiger partial charge in [-0.1, -0.05) is 0 Å². The largest absolute Gasteiger partial charge is 0.580 e.